The summed E-state index contributed by atoms with van der Waals surface area (Å²) in [5.74, 6) is 2.69. The number of hydrogen-bond acceptors (Lipinski definition) is 4. The summed E-state index contributed by atoms with van der Waals surface area (Å²) in [5.41, 5.74) is 0. The first-order valence-corrected chi connectivity index (χ1v) is 8.54. The zero-order valence-corrected chi connectivity index (χ0v) is 14.2. The van der Waals surface area contributed by atoms with Crippen LogP contribution in [-0.2, 0) is 19.1 Å². The zero-order chi connectivity index (χ0) is 17.0. The number of rotatable bonds is 7. The van der Waals surface area contributed by atoms with E-state index in [0.717, 1.165) is 12.8 Å². The smallest absolute Gasteiger partial charge is 0.330 e. The SMILES string of the molecule is C=CC(=O)OCC1CC2C[C@H](C)C(C(C)COC(=O)C=C)C2C1. The maximum atomic E-state index is 11.3. The number of carbonyl (C=O) groups is 2. The molecule has 0 spiro atoms. The van der Waals surface area contributed by atoms with Crippen LogP contribution in [0.15, 0.2) is 25.3 Å². The van der Waals surface area contributed by atoms with Crippen LogP contribution in [0, 0.1) is 35.5 Å². The molecule has 0 radical (unpaired) electrons. The Morgan fingerprint density at radius 1 is 1.13 bits per heavy atom. The van der Waals surface area contributed by atoms with Crippen LogP contribution < -0.4 is 0 Å². The molecular weight excluding hydrogens is 292 g/mol. The molecule has 6 atom stereocenters. The van der Waals surface area contributed by atoms with Gasteiger partial charge in [-0.3, -0.25) is 0 Å². The zero-order valence-electron chi connectivity index (χ0n) is 14.2. The van der Waals surface area contributed by atoms with Crippen LogP contribution in [0.25, 0.3) is 0 Å². The molecule has 4 heteroatoms. The molecule has 0 aromatic carbocycles. The van der Waals surface area contributed by atoms with Crippen molar-refractivity contribution in [2.75, 3.05) is 13.2 Å². The highest BCUT2D eigenvalue weighted by atomic mass is 16.5. The Labute approximate surface area is 138 Å². The van der Waals surface area contributed by atoms with Gasteiger partial charge in [-0.05, 0) is 54.8 Å². The van der Waals surface area contributed by atoms with Gasteiger partial charge < -0.3 is 9.47 Å². The third-order valence-electron chi connectivity index (χ3n) is 5.61. The molecule has 0 saturated heterocycles. The van der Waals surface area contributed by atoms with E-state index in [4.69, 9.17) is 9.47 Å². The summed E-state index contributed by atoms with van der Waals surface area (Å²) in [6.07, 6.45) is 5.89. The first-order chi connectivity index (χ1) is 11.0. The molecule has 4 nitrogen and oxygen atoms in total. The molecule has 2 aliphatic rings. The predicted octanol–water partition coefficient (Wildman–Crippen LogP) is 3.38. The van der Waals surface area contributed by atoms with E-state index < -0.39 is 0 Å². The van der Waals surface area contributed by atoms with Crippen molar-refractivity contribution in [3.05, 3.63) is 25.3 Å². The molecule has 0 aromatic rings. The number of esters is 2. The van der Waals surface area contributed by atoms with Gasteiger partial charge in [-0.2, -0.15) is 0 Å². The first-order valence-electron chi connectivity index (χ1n) is 8.54. The fourth-order valence-electron chi connectivity index (χ4n) is 4.84. The van der Waals surface area contributed by atoms with Gasteiger partial charge in [-0.25, -0.2) is 9.59 Å². The average Bonchev–Trinajstić information content (AvgIpc) is 3.05. The van der Waals surface area contributed by atoms with Crippen molar-refractivity contribution in [1.82, 2.24) is 0 Å². The number of ether oxygens (including phenoxy) is 2. The highest BCUT2D eigenvalue weighted by Gasteiger charge is 2.48. The second-order valence-electron chi connectivity index (χ2n) is 7.20. The van der Waals surface area contributed by atoms with Crippen molar-refractivity contribution >= 4 is 11.9 Å². The lowest BCUT2D eigenvalue weighted by atomic mass is 9.79. The summed E-state index contributed by atoms with van der Waals surface area (Å²) >= 11 is 0. The van der Waals surface area contributed by atoms with E-state index in [0.29, 0.717) is 48.7 Å². The topological polar surface area (TPSA) is 52.6 Å². The lowest BCUT2D eigenvalue weighted by Gasteiger charge is -2.28. The summed E-state index contributed by atoms with van der Waals surface area (Å²) in [7, 11) is 0. The predicted molar refractivity (Wildman–Crippen MR) is 88.5 cm³/mol. The van der Waals surface area contributed by atoms with Crippen LogP contribution in [0.1, 0.15) is 33.1 Å². The molecular formula is C19H28O4. The van der Waals surface area contributed by atoms with Crippen LogP contribution in [0.2, 0.25) is 0 Å². The molecule has 0 bridgehead atoms. The number of fused-ring (bicyclic) bond motifs is 1. The Hall–Kier alpha value is -1.58. The summed E-state index contributed by atoms with van der Waals surface area (Å²) in [5, 5.41) is 0. The minimum atomic E-state index is -0.348. The largest absolute Gasteiger partial charge is 0.462 e. The van der Waals surface area contributed by atoms with Crippen molar-refractivity contribution in [3.63, 3.8) is 0 Å². The Morgan fingerprint density at radius 3 is 2.43 bits per heavy atom. The molecule has 0 aromatic heterocycles. The quantitative estimate of drug-likeness (QED) is 0.533. The molecule has 5 unspecified atom stereocenters. The Morgan fingerprint density at radius 2 is 1.78 bits per heavy atom. The highest BCUT2D eigenvalue weighted by Crippen LogP contribution is 2.54. The molecule has 2 rings (SSSR count). The first kappa shape index (κ1) is 17.8. The summed E-state index contributed by atoms with van der Waals surface area (Å²) in [6.45, 7) is 12.3. The van der Waals surface area contributed by atoms with Crippen molar-refractivity contribution in [2.45, 2.75) is 33.1 Å². The van der Waals surface area contributed by atoms with Gasteiger partial charge in [-0.15, -0.1) is 0 Å². The third-order valence-corrected chi connectivity index (χ3v) is 5.61. The lowest BCUT2D eigenvalue weighted by Crippen LogP contribution is -2.26. The molecule has 2 aliphatic carbocycles. The van der Waals surface area contributed by atoms with Gasteiger partial charge >= 0.3 is 11.9 Å². The fourth-order valence-corrected chi connectivity index (χ4v) is 4.84. The Balaban J connectivity index is 1.89. The summed E-state index contributed by atoms with van der Waals surface area (Å²) < 4.78 is 10.5. The molecule has 23 heavy (non-hydrogen) atoms. The number of hydrogen-bond donors (Lipinski definition) is 0. The van der Waals surface area contributed by atoms with Gasteiger partial charge in [-0.1, -0.05) is 27.0 Å². The van der Waals surface area contributed by atoms with E-state index in [2.05, 4.69) is 27.0 Å². The molecule has 0 aliphatic heterocycles. The van der Waals surface area contributed by atoms with Gasteiger partial charge in [0.05, 0.1) is 13.2 Å². The van der Waals surface area contributed by atoms with Gasteiger partial charge in [0.15, 0.2) is 0 Å². The molecule has 128 valence electrons. The van der Waals surface area contributed by atoms with Crippen LogP contribution in [0.4, 0.5) is 0 Å². The van der Waals surface area contributed by atoms with Gasteiger partial charge in [0.25, 0.3) is 0 Å². The average molecular weight is 320 g/mol. The summed E-state index contributed by atoms with van der Waals surface area (Å²) in [4.78, 5) is 22.5. The molecule has 2 fully saturated rings. The second-order valence-corrected chi connectivity index (χ2v) is 7.20. The van der Waals surface area contributed by atoms with Crippen molar-refractivity contribution < 1.29 is 19.1 Å². The van der Waals surface area contributed by atoms with Crippen LogP contribution in [0.5, 0.6) is 0 Å². The van der Waals surface area contributed by atoms with Gasteiger partial charge in [0.2, 0.25) is 0 Å². The summed E-state index contributed by atoms with van der Waals surface area (Å²) in [6, 6.07) is 0. The Kier molecular flexibility index (Phi) is 6.03. The third kappa shape index (κ3) is 4.24. The lowest BCUT2D eigenvalue weighted by molar-refractivity contribution is -0.140. The van der Waals surface area contributed by atoms with Gasteiger partial charge in [0.1, 0.15) is 0 Å². The Bertz CT molecular complexity index is 470. The van der Waals surface area contributed by atoms with Crippen molar-refractivity contribution in [2.24, 2.45) is 35.5 Å². The van der Waals surface area contributed by atoms with Crippen LogP contribution in [0.3, 0.4) is 0 Å². The minimum Gasteiger partial charge on any atom is -0.462 e. The maximum Gasteiger partial charge on any atom is 0.330 e. The fraction of sp³-hybridized carbons (Fsp3) is 0.684. The minimum absolute atomic E-state index is 0.336. The normalized spacial score (nSPS) is 33.6. The van der Waals surface area contributed by atoms with E-state index in [1.54, 1.807) is 0 Å². The molecule has 0 amide bonds. The van der Waals surface area contributed by atoms with E-state index in [1.165, 1.54) is 18.6 Å². The van der Waals surface area contributed by atoms with E-state index in [1.807, 2.05) is 0 Å². The number of carbonyl (C=O) groups excluding carboxylic acids is 2. The molecule has 0 heterocycles. The van der Waals surface area contributed by atoms with Crippen LogP contribution >= 0.6 is 0 Å². The van der Waals surface area contributed by atoms with E-state index in [-0.39, 0.29) is 11.9 Å². The van der Waals surface area contributed by atoms with E-state index in [9.17, 15) is 9.59 Å². The molecule has 0 N–H and O–H groups in total. The van der Waals surface area contributed by atoms with Crippen molar-refractivity contribution in [1.29, 1.82) is 0 Å². The second kappa shape index (κ2) is 7.80. The highest BCUT2D eigenvalue weighted by molar-refractivity contribution is 5.81. The standard InChI is InChI=1S/C19H28O4/c1-5-17(20)22-10-13(4)19-12(3)7-15-8-14(9-16(15)19)11-23-18(21)6-2/h5-6,12-16,19H,1-2,7-11H2,3-4H3/t12-,13?,14?,15?,16?,19?/m0/s1. The monoisotopic (exact) mass is 320 g/mol. The van der Waals surface area contributed by atoms with E-state index >= 15 is 0 Å². The van der Waals surface area contributed by atoms with Crippen LogP contribution in [-0.4, -0.2) is 25.2 Å². The maximum absolute atomic E-state index is 11.3. The molecule has 2 saturated carbocycles. The van der Waals surface area contributed by atoms with Crippen molar-refractivity contribution in [3.8, 4) is 0 Å². The van der Waals surface area contributed by atoms with Gasteiger partial charge in [0, 0.05) is 12.2 Å².